The molecule has 0 aliphatic heterocycles. The minimum atomic E-state index is -0.844. The van der Waals surface area contributed by atoms with Crippen LogP contribution in [0.3, 0.4) is 0 Å². The second kappa shape index (κ2) is 68.8. The maximum absolute atomic E-state index is 12.5. The molecule has 0 aliphatic carbocycles. The molecule has 6 nitrogen and oxygen atoms in total. The van der Waals surface area contributed by atoms with E-state index >= 15 is 0 Å². The van der Waals surface area contributed by atoms with E-state index in [4.69, 9.17) is 4.74 Å². The number of ether oxygens (including phenoxy) is 1. The van der Waals surface area contributed by atoms with Crippen molar-refractivity contribution in [2.45, 2.75) is 418 Å². The van der Waals surface area contributed by atoms with Crippen LogP contribution in [0.2, 0.25) is 0 Å². The van der Waals surface area contributed by atoms with Gasteiger partial charge in [0.25, 0.3) is 0 Å². The molecule has 3 N–H and O–H groups in total. The Kier molecular flexibility index (Phi) is 67.4. The number of esters is 1. The molecule has 0 aromatic carbocycles. The number of hydrogen-bond acceptors (Lipinski definition) is 5. The van der Waals surface area contributed by atoms with Crippen molar-refractivity contribution in [2.24, 2.45) is 0 Å². The number of nitrogens with one attached hydrogen (secondary N) is 1. The van der Waals surface area contributed by atoms with Crippen LogP contribution < -0.4 is 5.32 Å². The summed E-state index contributed by atoms with van der Waals surface area (Å²) >= 11 is 0. The molecule has 0 saturated heterocycles. The minimum Gasteiger partial charge on any atom is -0.466 e. The third-order valence-electron chi connectivity index (χ3n) is 17.0. The van der Waals surface area contributed by atoms with Crippen LogP contribution in [0.15, 0.2) is 24.3 Å². The van der Waals surface area contributed by atoms with Gasteiger partial charge in [-0.15, -0.1) is 0 Å². The van der Waals surface area contributed by atoms with Gasteiger partial charge in [0.2, 0.25) is 5.91 Å². The maximum atomic E-state index is 12.5. The number of aliphatic hydroxyl groups excluding tert-OH is 2. The average Bonchev–Trinajstić information content (AvgIpc) is 3.45. The van der Waals surface area contributed by atoms with Crippen LogP contribution in [0.4, 0.5) is 0 Å². The number of unbranched alkanes of at least 4 members (excludes halogenated alkanes) is 55. The summed E-state index contributed by atoms with van der Waals surface area (Å²) in [4.78, 5) is 24.6. The third kappa shape index (κ3) is 65.4. The van der Waals surface area contributed by atoms with Crippen molar-refractivity contribution in [3.05, 3.63) is 24.3 Å². The standard InChI is InChI=1S/C73H141NO5/c1-3-5-7-9-11-13-15-17-19-20-35-38-41-45-49-53-57-61-65-71(76)70(69-75)74-72(77)66-62-58-54-50-46-42-39-36-33-31-29-27-25-23-21-22-24-26-28-30-32-34-37-40-44-48-52-56-60-64-68-79-73(78)67-63-59-55-51-47-43-18-16-14-12-10-8-6-4-2/h22,24,61,65,70-71,75-76H,3-21,23,25-60,62-64,66-69H2,1-2H3,(H,74,77)/b24-22-,65-61+. The molecule has 6 heteroatoms. The predicted octanol–water partition coefficient (Wildman–Crippen LogP) is 23.3. The van der Waals surface area contributed by atoms with E-state index in [1.807, 2.05) is 6.08 Å². The summed E-state index contributed by atoms with van der Waals surface area (Å²) in [7, 11) is 0. The van der Waals surface area contributed by atoms with Gasteiger partial charge in [0.1, 0.15) is 0 Å². The highest BCUT2D eigenvalue weighted by Crippen LogP contribution is 2.19. The van der Waals surface area contributed by atoms with Crippen LogP contribution in [0.25, 0.3) is 0 Å². The van der Waals surface area contributed by atoms with E-state index in [2.05, 4.69) is 31.3 Å². The third-order valence-corrected chi connectivity index (χ3v) is 17.0. The van der Waals surface area contributed by atoms with Gasteiger partial charge in [0.15, 0.2) is 0 Å². The van der Waals surface area contributed by atoms with Crippen LogP contribution in [0.1, 0.15) is 406 Å². The summed E-state index contributed by atoms with van der Waals surface area (Å²) in [6.07, 6.45) is 86.9. The summed E-state index contributed by atoms with van der Waals surface area (Å²) in [6.45, 7) is 4.95. The lowest BCUT2D eigenvalue weighted by Gasteiger charge is -2.20. The number of aliphatic hydroxyl groups is 2. The molecule has 0 fully saturated rings. The quantitative estimate of drug-likeness (QED) is 0.0320. The Morgan fingerprint density at radius 3 is 0.899 bits per heavy atom. The molecule has 2 atom stereocenters. The second-order valence-corrected chi connectivity index (χ2v) is 24.9. The van der Waals surface area contributed by atoms with Crippen molar-refractivity contribution in [1.82, 2.24) is 5.32 Å². The van der Waals surface area contributed by atoms with Crippen molar-refractivity contribution >= 4 is 11.9 Å². The van der Waals surface area contributed by atoms with Crippen LogP contribution >= 0.6 is 0 Å². The molecule has 1 amide bonds. The predicted molar refractivity (Wildman–Crippen MR) is 347 cm³/mol. The Morgan fingerprint density at radius 2 is 0.595 bits per heavy atom. The monoisotopic (exact) mass is 1110 g/mol. The molecule has 0 heterocycles. The molecule has 0 spiro atoms. The highest BCUT2D eigenvalue weighted by atomic mass is 16.5. The Morgan fingerprint density at radius 1 is 0.342 bits per heavy atom. The number of hydrogen-bond donors (Lipinski definition) is 3. The van der Waals surface area contributed by atoms with Crippen LogP contribution in [-0.4, -0.2) is 47.4 Å². The molecular weight excluding hydrogens is 971 g/mol. The summed E-state index contributed by atoms with van der Waals surface area (Å²) in [5, 5.41) is 23.2. The van der Waals surface area contributed by atoms with E-state index in [1.165, 1.54) is 340 Å². The smallest absolute Gasteiger partial charge is 0.305 e. The van der Waals surface area contributed by atoms with E-state index < -0.39 is 12.1 Å². The van der Waals surface area contributed by atoms with Gasteiger partial charge in [-0.1, -0.05) is 359 Å². The van der Waals surface area contributed by atoms with Crippen LogP contribution in [-0.2, 0) is 14.3 Å². The lowest BCUT2D eigenvalue weighted by Crippen LogP contribution is -2.45. The zero-order chi connectivity index (χ0) is 57.1. The first-order valence-electron chi connectivity index (χ1n) is 36.1. The summed E-state index contributed by atoms with van der Waals surface area (Å²) < 4.78 is 5.49. The first-order chi connectivity index (χ1) is 39.0. The van der Waals surface area contributed by atoms with Gasteiger partial charge in [-0.25, -0.2) is 0 Å². The molecule has 0 rings (SSSR count). The lowest BCUT2D eigenvalue weighted by atomic mass is 10.0. The Bertz CT molecular complexity index is 1230. The van der Waals surface area contributed by atoms with Gasteiger partial charge in [-0.05, 0) is 57.8 Å². The summed E-state index contributed by atoms with van der Waals surface area (Å²) in [6, 6.07) is -0.627. The molecule has 2 unspecified atom stereocenters. The van der Waals surface area contributed by atoms with Gasteiger partial charge in [-0.3, -0.25) is 9.59 Å². The van der Waals surface area contributed by atoms with Crippen molar-refractivity contribution < 1.29 is 24.5 Å². The molecule has 0 saturated carbocycles. The average molecular weight is 1110 g/mol. The number of carbonyl (C=O) groups is 2. The first-order valence-corrected chi connectivity index (χ1v) is 36.1. The van der Waals surface area contributed by atoms with Crippen LogP contribution in [0, 0.1) is 0 Å². The largest absolute Gasteiger partial charge is 0.466 e. The Balaban J connectivity index is 3.38. The fourth-order valence-electron chi connectivity index (χ4n) is 11.5. The number of allylic oxidation sites excluding steroid dienone is 3. The molecule has 0 aromatic rings. The molecular formula is C73H141NO5. The Labute approximate surface area is 494 Å². The topological polar surface area (TPSA) is 95.9 Å². The fourth-order valence-corrected chi connectivity index (χ4v) is 11.5. The van der Waals surface area contributed by atoms with Gasteiger partial charge in [-0.2, -0.15) is 0 Å². The molecule has 79 heavy (non-hydrogen) atoms. The maximum Gasteiger partial charge on any atom is 0.305 e. The van der Waals surface area contributed by atoms with Gasteiger partial charge < -0.3 is 20.3 Å². The fraction of sp³-hybridized carbons (Fsp3) is 0.918. The summed E-state index contributed by atoms with van der Waals surface area (Å²) in [5.74, 6) is -0.0431. The van der Waals surface area contributed by atoms with Crippen LogP contribution in [0.5, 0.6) is 0 Å². The van der Waals surface area contributed by atoms with E-state index in [-0.39, 0.29) is 18.5 Å². The minimum absolute atomic E-state index is 0.0198. The number of rotatable bonds is 68. The van der Waals surface area contributed by atoms with Gasteiger partial charge in [0, 0.05) is 12.8 Å². The van der Waals surface area contributed by atoms with E-state index in [0.29, 0.717) is 19.4 Å². The highest BCUT2D eigenvalue weighted by Gasteiger charge is 2.18. The number of amides is 1. The summed E-state index contributed by atoms with van der Waals surface area (Å²) in [5.41, 5.74) is 0. The van der Waals surface area contributed by atoms with E-state index in [1.54, 1.807) is 6.08 Å². The van der Waals surface area contributed by atoms with E-state index in [9.17, 15) is 19.8 Å². The highest BCUT2D eigenvalue weighted by molar-refractivity contribution is 5.76. The van der Waals surface area contributed by atoms with Crippen molar-refractivity contribution in [2.75, 3.05) is 13.2 Å². The van der Waals surface area contributed by atoms with Crippen molar-refractivity contribution in [3.63, 3.8) is 0 Å². The number of carbonyl (C=O) groups excluding carboxylic acids is 2. The van der Waals surface area contributed by atoms with Gasteiger partial charge >= 0.3 is 5.97 Å². The molecule has 0 radical (unpaired) electrons. The molecule has 0 bridgehead atoms. The normalized spacial score (nSPS) is 12.6. The molecule has 0 aliphatic rings. The molecule has 468 valence electrons. The second-order valence-electron chi connectivity index (χ2n) is 24.9. The Hall–Kier alpha value is -1.66. The zero-order valence-electron chi connectivity index (χ0n) is 53.6. The van der Waals surface area contributed by atoms with Crippen molar-refractivity contribution in [3.8, 4) is 0 Å². The lowest BCUT2D eigenvalue weighted by molar-refractivity contribution is -0.143. The molecule has 0 aromatic heterocycles. The SMILES string of the molecule is CCCCCCCCCCCCCCCCCC/C=C/C(O)C(CO)NC(=O)CCCCCCCCCCCCCCCC/C=C\CCCCCCCCCCCCCCOC(=O)CCCCCCCCCCCCCCCC. The first kappa shape index (κ1) is 77.3. The van der Waals surface area contributed by atoms with Crippen molar-refractivity contribution in [1.29, 1.82) is 0 Å². The van der Waals surface area contributed by atoms with Gasteiger partial charge in [0.05, 0.1) is 25.4 Å². The zero-order valence-corrected chi connectivity index (χ0v) is 53.6. The van der Waals surface area contributed by atoms with E-state index in [0.717, 1.165) is 38.5 Å².